The molecule has 1 aromatic heterocycles. The molecule has 3 N–H and O–H groups in total. The molecule has 0 saturated carbocycles. The summed E-state index contributed by atoms with van der Waals surface area (Å²) in [6.07, 6.45) is 1.46. The lowest BCUT2D eigenvalue weighted by atomic mass is 10.2. The number of primary amides is 1. The second-order valence-corrected chi connectivity index (χ2v) is 5.14. The van der Waals surface area contributed by atoms with Gasteiger partial charge in [-0.25, -0.2) is 9.97 Å². The van der Waals surface area contributed by atoms with Crippen molar-refractivity contribution < 1.29 is 4.79 Å². The Morgan fingerprint density at radius 3 is 2.72 bits per heavy atom. The fraction of sp³-hybridized carbons (Fsp3) is 0.545. The number of nitrogens with zero attached hydrogens (tertiary/aromatic N) is 3. The van der Waals surface area contributed by atoms with Gasteiger partial charge in [0.15, 0.2) is 0 Å². The molecule has 0 aliphatic carbocycles. The van der Waals surface area contributed by atoms with Crippen molar-refractivity contribution in [3.05, 3.63) is 10.8 Å². The van der Waals surface area contributed by atoms with Gasteiger partial charge in [-0.05, 0) is 21.8 Å². The Morgan fingerprint density at radius 1 is 1.56 bits per heavy atom. The third kappa shape index (κ3) is 3.83. The molecule has 0 fully saturated rings. The third-order valence-electron chi connectivity index (χ3n) is 2.24. The summed E-state index contributed by atoms with van der Waals surface area (Å²) < 4.78 is 0.731. The van der Waals surface area contributed by atoms with Crippen molar-refractivity contribution in [2.45, 2.75) is 13.8 Å². The number of nitrogens with two attached hydrogens (primary N) is 1. The number of nitrogens with one attached hydrogen (secondary N) is 1. The highest BCUT2D eigenvalue weighted by atomic mass is 79.9. The molecule has 1 aromatic rings. The van der Waals surface area contributed by atoms with Crippen molar-refractivity contribution in [3.63, 3.8) is 0 Å². The van der Waals surface area contributed by atoms with Crippen molar-refractivity contribution in [1.29, 1.82) is 0 Å². The average molecular weight is 316 g/mol. The van der Waals surface area contributed by atoms with Gasteiger partial charge in [-0.2, -0.15) is 0 Å². The number of amides is 1. The molecular weight excluding hydrogens is 298 g/mol. The number of hydrogen-bond donors (Lipinski definition) is 2. The van der Waals surface area contributed by atoms with E-state index in [9.17, 15) is 4.79 Å². The Labute approximate surface area is 115 Å². The summed E-state index contributed by atoms with van der Waals surface area (Å²) in [5.41, 5.74) is 5.27. The molecule has 0 radical (unpaired) electrons. The number of halogens is 1. The molecule has 100 valence electrons. The van der Waals surface area contributed by atoms with Gasteiger partial charge in [0.1, 0.15) is 22.4 Å². The van der Waals surface area contributed by atoms with Crippen LogP contribution in [0.3, 0.4) is 0 Å². The molecule has 0 aromatic carbocycles. The van der Waals surface area contributed by atoms with Crippen molar-refractivity contribution >= 4 is 33.5 Å². The minimum atomic E-state index is -0.382. The number of carbonyl (C=O) groups excluding carboxylic acids is 1. The standard InChI is InChI=1S/C11H18BrN5O/c1-7(2)4-17(5-8(13)18)11-9(12)10(14-3)15-6-16-11/h6-7H,4-5H2,1-3H3,(H2,13,18)(H,14,15,16). The van der Waals surface area contributed by atoms with Crippen LogP contribution in [0, 0.1) is 5.92 Å². The first-order chi connectivity index (χ1) is 8.45. The van der Waals surface area contributed by atoms with Crippen LogP contribution in [-0.4, -0.2) is 36.0 Å². The van der Waals surface area contributed by atoms with Gasteiger partial charge in [-0.1, -0.05) is 13.8 Å². The van der Waals surface area contributed by atoms with Crippen LogP contribution in [0.5, 0.6) is 0 Å². The fourth-order valence-electron chi connectivity index (χ4n) is 1.61. The molecule has 0 spiro atoms. The summed E-state index contributed by atoms with van der Waals surface area (Å²) in [5.74, 6) is 1.36. The number of hydrogen-bond acceptors (Lipinski definition) is 5. The van der Waals surface area contributed by atoms with Crippen LogP contribution < -0.4 is 16.0 Å². The maximum atomic E-state index is 11.1. The lowest BCUT2D eigenvalue weighted by Gasteiger charge is -2.25. The second-order valence-electron chi connectivity index (χ2n) is 4.35. The Morgan fingerprint density at radius 2 is 2.22 bits per heavy atom. The smallest absolute Gasteiger partial charge is 0.236 e. The van der Waals surface area contributed by atoms with E-state index < -0.39 is 0 Å². The van der Waals surface area contributed by atoms with Crippen LogP contribution in [-0.2, 0) is 4.79 Å². The average Bonchev–Trinajstić information content (AvgIpc) is 2.27. The van der Waals surface area contributed by atoms with E-state index >= 15 is 0 Å². The molecule has 1 rings (SSSR count). The molecule has 0 bridgehead atoms. The summed E-state index contributed by atoms with van der Waals surface area (Å²) in [6, 6.07) is 0. The molecular formula is C11H18BrN5O. The highest BCUT2D eigenvalue weighted by Crippen LogP contribution is 2.29. The predicted molar refractivity (Wildman–Crippen MR) is 75.5 cm³/mol. The summed E-state index contributed by atoms with van der Waals surface area (Å²) in [4.78, 5) is 21.3. The molecule has 0 aliphatic rings. The first kappa shape index (κ1) is 14.7. The number of anilines is 2. The van der Waals surface area contributed by atoms with Crippen molar-refractivity contribution in [3.8, 4) is 0 Å². The molecule has 1 heterocycles. The summed E-state index contributed by atoms with van der Waals surface area (Å²) >= 11 is 3.44. The van der Waals surface area contributed by atoms with Crippen LogP contribution in [0.4, 0.5) is 11.6 Å². The number of aromatic nitrogens is 2. The quantitative estimate of drug-likeness (QED) is 0.824. The SMILES string of the molecule is CNc1ncnc(N(CC(N)=O)CC(C)C)c1Br. The Bertz CT molecular complexity index is 424. The lowest BCUT2D eigenvalue weighted by Crippen LogP contribution is -2.37. The van der Waals surface area contributed by atoms with Crippen LogP contribution in [0.2, 0.25) is 0 Å². The summed E-state index contributed by atoms with van der Waals surface area (Å²) in [5, 5.41) is 2.96. The Balaban J connectivity index is 3.07. The lowest BCUT2D eigenvalue weighted by molar-refractivity contribution is -0.116. The second kappa shape index (κ2) is 6.53. The zero-order chi connectivity index (χ0) is 13.7. The van der Waals surface area contributed by atoms with E-state index in [-0.39, 0.29) is 12.5 Å². The van der Waals surface area contributed by atoms with Gasteiger partial charge in [-0.15, -0.1) is 0 Å². The van der Waals surface area contributed by atoms with Gasteiger partial charge in [0.2, 0.25) is 5.91 Å². The van der Waals surface area contributed by atoms with Gasteiger partial charge in [0.25, 0.3) is 0 Å². The largest absolute Gasteiger partial charge is 0.372 e. The first-order valence-corrected chi connectivity index (χ1v) is 6.46. The monoisotopic (exact) mass is 315 g/mol. The van der Waals surface area contributed by atoms with Crippen molar-refractivity contribution in [2.75, 3.05) is 30.4 Å². The topological polar surface area (TPSA) is 84.1 Å². The summed E-state index contributed by atoms with van der Waals surface area (Å²) in [7, 11) is 1.78. The molecule has 0 unspecified atom stereocenters. The molecule has 18 heavy (non-hydrogen) atoms. The van der Waals surface area contributed by atoms with Crippen molar-refractivity contribution in [1.82, 2.24) is 9.97 Å². The Hall–Kier alpha value is -1.37. The summed E-state index contributed by atoms with van der Waals surface area (Å²) in [6.45, 7) is 4.97. The zero-order valence-corrected chi connectivity index (χ0v) is 12.4. The van der Waals surface area contributed by atoms with Gasteiger partial charge < -0.3 is 16.0 Å². The minimum absolute atomic E-state index is 0.136. The van der Waals surface area contributed by atoms with Crippen LogP contribution in [0.1, 0.15) is 13.8 Å². The third-order valence-corrected chi connectivity index (χ3v) is 2.97. The van der Waals surface area contributed by atoms with E-state index in [0.717, 1.165) is 4.47 Å². The van der Waals surface area contributed by atoms with E-state index in [0.29, 0.717) is 24.1 Å². The maximum Gasteiger partial charge on any atom is 0.236 e. The van der Waals surface area contributed by atoms with E-state index in [4.69, 9.17) is 5.73 Å². The molecule has 1 amide bonds. The fourth-order valence-corrected chi connectivity index (χ4v) is 2.26. The molecule has 0 atom stereocenters. The van der Waals surface area contributed by atoms with Crippen molar-refractivity contribution in [2.24, 2.45) is 11.7 Å². The number of carbonyl (C=O) groups is 1. The highest BCUT2D eigenvalue weighted by Gasteiger charge is 2.17. The van der Waals surface area contributed by atoms with Crippen LogP contribution >= 0.6 is 15.9 Å². The van der Waals surface area contributed by atoms with E-state index in [1.807, 2.05) is 4.90 Å². The van der Waals surface area contributed by atoms with E-state index in [1.165, 1.54) is 6.33 Å². The zero-order valence-electron chi connectivity index (χ0n) is 10.8. The first-order valence-electron chi connectivity index (χ1n) is 5.67. The van der Waals surface area contributed by atoms with Gasteiger partial charge in [0.05, 0.1) is 6.54 Å². The minimum Gasteiger partial charge on any atom is -0.372 e. The van der Waals surface area contributed by atoms with Crippen LogP contribution in [0.15, 0.2) is 10.8 Å². The predicted octanol–water partition coefficient (Wildman–Crippen LogP) is 1.23. The maximum absolute atomic E-state index is 11.1. The molecule has 0 aliphatic heterocycles. The van der Waals surface area contributed by atoms with Gasteiger partial charge in [-0.3, -0.25) is 4.79 Å². The molecule has 0 saturated heterocycles. The normalized spacial score (nSPS) is 10.5. The van der Waals surface area contributed by atoms with E-state index in [2.05, 4.69) is 45.1 Å². The van der Waals surface area contributed by atoms with Crippen LogP contribution in [0.25, 0.3) is 0 Å². The molecule has 6 nitrogen and oxygen atoms in total. The van der Waals surface area contributed by atoms with Gasteiger partial charge in [0, 0.05) is 13.6 Å². The van der Waals surface area contributed by atoms with Gasteiger partial charge >= 0.3 is 0 Å². The Kier molecular flexibility index (Phi) is 5.33. The number of rotatable bonds is 6. The van der Waals surface area contributed by atoms with E-state index in [1.54, 1.807) is 7.05 Å². The highest BCUT2D eigenvalue weighted by molar-refractivity contribution is 9.10. The molecule has 7 heteroatoms.